The van der Waals surface area contributed by atoms with Gasteiger partial charge in [0.05, 0.1) is 21.3 Å². The molecule has 1 N–H and O–H groups in total. The van der Waals surface area contributed by atoms with Gasteiger partial charge in [-0.05, 0) is 36.4 Å². The maximum atomic E-state index is 12.5. The molecule has 9 heteroatoms. The van der Waals surface area contributed by atoms with Crippen LogP contribution in [0.4, 0.5) is 11.4 Å². The number of sulfonamides is 1. The van der Waals surface area contributed by atoms with Gasteiger partial charge in [-0.15, -0.1) is 0 Å². The third kappa shape index (κ3) is 3.73. The fourth-order valence-electron chi connectivity index (χ4n) is 2.83. The number of nitrogens with one attached hydrogen (secondary N) is 1. The zero-order valence-corrected chi connectivity index (χ0v) is 17.0. The van der Waals surface area contributed by atoms with Gasteiger partial charge in [0.2, 0.25) is 10.0 Å². The first-order chi connectivity index (χ1) is 12.8. The first-order valence-corrected chi connectivity index (χ1v) is 10.5. The SMILES string of the molecule is CCN(CC)S(=O)(=O)c1ccc(N=C2C(=O)Nc3c(Cl)cc(Cl)cc32)cc1. The summed E-state index contributed by atoms with van der Waals surface area (Å²) in [4.78, 5) is 16.8. The van der Waals surface area contributed by atoms with Crippen LogP contribution in [0, 0.1) is 0 Å². The molecule has 0 unspecified atom stereocenters. The van der Waals surface area contributed by atoms with Gasteiger partial charge >= 0.3 is 0 Å². The van der Waals surface area contributed by atoms with Gasteiger partial charge in [0.15, 0.2) is 0 Å². The van der Waals surface area contributed by atoms with Gasteiger partial charge in [0, 0.05) is 23.7 Å². The number of hydrogen-bond donors (Lipinski definition) is 1. The normalized spacial score (nSPS) is 15.3. The highest BCUT2D eigenvalue weighted by Crippen LogP contribution is 2.35. The molecule has 0 aliphatic carbocycles. The zero-order chi connectivity index (χ0) is 19.8. The van der Waals surface area contributed by atoms with Crippen LogP contribution in [-0.2, 0) is 14.8 Å². The van der Waals surface area contributed by atoms with E-state index >= 15 is 0 Å². The Kier molecular flexibility index (Phi) is 5.58. The van der Waals surface area contributed by atoms with Crippen molar-refractivity contribution >= 4 is 56.2 Å². The second-order valence-electron chi connectivity index (χ2n) is 5.81. The zero-order valence-electron chi connectivity index (χ0n) is 14.7. The van der Waals surface area contributed by atoms with Gasteiger partial charge in [-0.25, -0.2) is 13.4 Å². The van der Waals surface area contributed by atoms with E-state index in [-0.39, 0.29) is 10.6 Å². The van der Waals surface area contributed by atoms with Gasteiger partial charge in [-0.2, -0.15) is 4.31 Å². The molecule has 0 atom stereocenters. The van der Waals surface area contributed by atoms with E-state index in [2.05, 4.69) is 10.3 Å². The van der Waals surface area contributed by atoms with Crippen molar-refractivity contribution in [2.45, 2.75) is 18.7 Å². The van der Waals surface area contributed by atoms with E-state index in [1.54, 1.807) is 32.0 Å². The maximum Gasteiger partial charge on any atom is 0.275 e. The van der Waals surface area contributed by atoms with Crippen LogP contribution in [-0.4, -0.2) is 37.4 Å². The Bertz CT molecular complexity index is 1030. The molecule has 3 rings (SSSR count). The van der Waals surface area contributed by atoms with Crippen molar-refractivity contribution in [3.63, 3.8) is 0 Å². The number of hydrogen-bond acceptors (Lipinski definition) is 4. The molecule has 1 amide bonds. The summed E-state index contributed by atoms with van der Waals surface area (Å²) in [5.74, 6) is -0.394. The molecular weight excluding hydrogens is 409 g/mol. The number of carbonyl (C=O) groups is 1. The quantitative estimate of drug-likeness (QED) is 0.782. The molecule has 1 aliphatic heterocycles. The van der Waals surface area contributed by atoms with E-state index in [0.717, 1.165) is 0 Å². The lowest BCUT2D eigenvalue weighted by atomic mass is 10.1. The summed E-state index contributed by atoms with van der Waals surface area (Å²) >= 11 is 12.1. The van der Waals surface area contributed by atoms with Crippen molar-refractivity contribution in [3.8, 4) is 0 Å². The minimum atomic E-state index is -3.55. The Balaban J connectivity index is 1.98. The number of anilines is 1. The van der Waals surface area contributed by atoms with Crippen LogP contribution in [0.15, 0.2) is 46.3 Å². The van der Waals surface area contributed by atoms with Crippen molar-refractivity contribution < 1.29 is 13.2 Å². The summed E-state index contributed by atoms with van der Waals surface area (Å²) in [6.45, 7) is 4.35. The van der Waals surface area contributed by atoms with Gasteiger partial charge in [0.1, 0.15) is 5.71 Å². The number of halogens is 2. The summed E-state index contributed by atoms with van der Waals surface area (Å²) in [6.07, 6.45) is 0. The van der Waals surface area contributed by atoms with Crippen LogP contribution < -0.4 is 5.32 Å². The van der Waals surface area contributed by atoms with Crippen molar-refractivity contribution in [2.24, 2.45) is 4.99 Å². The van der Waals surface area contributed by atoms with Crippen LogP contribution >= 0.6 is 23.2 Å². The highest BCUT2D eigenvalue weighted by atomic mass is 35.5. The number of fused-ring (bicyclic) bond motifs is 1. The smallest absolute Gasteiger partial charge is 0.275 e. The molecule has 6 nitrogen and oxygen atoms in total. The molecule has 0 aromatic heterocycles. The molecular formula is C18H17Cl2N3O3S. The molecule has 0 bridgehead atoms. The van der Waals surface area contributed by atoms with Crippen LogP contribution in [0.1, 0.15) is 19.4 Å². The average molecular weight is 426 g/mol. The number of nitrogens with zero attached hydrogens (tertiary/aromatic N) is 2. The fourth-order valence-corrected chi connectivity index (χ4v) is 4.83. The Labute approximate surface area is 167 Å². The summed E-state index contributed by atoms with van der Waals surface area (Å²) < 4.78 is 26.4. The lowest BCUT2D eigenvalue weighted by Gasteiger charge is -2.18. The number of amides is 1. The Hall–Kier alpha value is -1.93. The molecule has 0 saturated heterocycles. The number of rotatable bonds is 5. The molecule has 2 aromatic rings. The summed E-state index contributed by atoms with van der Waals surface area (Å²) in [7, 11) is -3.55. The van der Waals surface area contributed by atoms with Gasteiger partial charge in [-0.3, -0.25) is 4.79 Å². The van der Waals surface area contributed by atoms with Crippen molar-refractivity contribution in [1.29, 1.82) is 0 Å². The van der Waals surface area contributed by atoms with Crippen LogP contribution in [0.3, 0.4) is 0 Å². The summed E-state index contributed by atoms with van der Waals surface area (Å²) in [5, 5.41) is 3.39. The van der Waals surface area contributed by atoms with Gasteiger partial charge < -0.3 is 5.32 Å². The van der Waals surface area contributed by atoms with Crippen molar-refractivity contribution in [2.75, 3.05) is 18.4 Å². The minimum absolute atomic E-state index is 0.175. The fraction of sp³-hybridized carbons (Fsp3) is 0.222. The number of carbonyl (C=O) groups excluding carboxylic acids is 1. The van der Waals surface area contributed by atoms with Crippen molar-refractivity contribution in [1.82, 2.24) is 4.31 Å². The predicted molar refractivity (Wildman–Crippen MR) is 108 cm³/mol. The molecule has 27 heavy (non-hydrogen) atoms. The van der Waals surface area contributed by atoms with Gasteiger partial charge in [0.25, 0.3) is 5.91 Å². The Morgan fingerprint density at radius 3 is 2.30 bits per heavy atom. The van der Waals surface area contributed by atoms with E-state index in [9.17, 15) is 13.2 Å². The van der Waals surface area contributed by atoms with Crippen LogP contribution in [0.5, 0.6) is 0 Å². The Morgan fingerprint density at radius 1 is 1.07 bits per heavy atom. The van der Waals surface area contributed by atoms with Crippen LogP contribution in [0.2, 0.25) is 10.0 Å². The second-order valence-corrected chi connectivity index (χ2v) is 8.59. The van der Waals surface area contributed by atoms with E-state index < -0.39 is 15.9 Å². The lowest BCUT2D eigenvalue weighted by molar-refractivity contribution is -0.110. The highest BCUT2D eigenvalue weighted by Gasteiger charge is 2.28. The van der Waals surface area contributed by atoms with Gasteiger partial charge in [-0.1, -0.05) is 37.0 Å². The number of aliphatic imine (C=N–C) groups is 1. The average Bonchev–Trinajstić information content (AvgIpc) is 2.93. The summed E-state index contributed by atoms with van der Waals surface area (Å²) in [6, 6.07) is 9.22. The van der Waals surface area contributed by atoms with E-state index in [4.69, 9.17) is 23.2 Å². The molecule has 0 radical (unpaired) electrons. The number of benzene rings is 2. The monoisotopic (exact) mass is 425 g/mol. The standard InChI is InChI=1S/C18H17Cl2N3O3S/c1-3-23(4-2)27(25,26)13-7-5-12(6-8-13)21-17-14-9-11(19)10-15(20)16(14)22-18(17)24/h5-10H,3-4H2,1-2H3,(H,21,22,24). The first kappa shape index (κ1) is 19.8. The minimum Gasteiger partial charge on any atom is -0.319 e. The Morgan fingerprint density at radius 2 is 1.70 bits per heavy atom. The lowest BCUT2D eigenvalue weighted by Crippen LogP contribution is -2.30. The molecule has 142 valence electrons. The second kappa shape index (κ2) is 7.59. The molecule has 1 aliphatic rings. The topological polar surface area (TPSA) is 78.8 Å². The predicted octanol–water partition coefficient (Wildman–Crippen LogP) is 4.10. The van der Waals surface area contributed by atoms with E-state index in [1.807, 2.05) is 0 Å². The first-order valence-electron chi connectivity index (χ1n) is 8.27. The molecule has 0 fully saturated rings. The molecule has 0 spiro atoms. The van der Waals surface area contributed by atoms with E-state index in [1.165, 1.54) is 22.5 Å². The maximum absolute atomic E-state index is 12.5. The van der Waals surface area contributed by atoms with Crippen molar-refractivity contribution in [3.05, 3.63) is 52.0 Å². The summed E-state index contributed by atoms with van der Waals surface area (Å²) in [5.41, 5.74) is 1.60. The van der Waals surface area contributed by atoms with Crippen LogP contribution in [0.25, 0.3) is 0 Å². The third-order valence-electron chi connectivity index (χ3n) is 4.18. The molecule has 1 heterocycles. The van der Waals surface area contributed by atoms with E-state index in [0.29, 0.717) is 40.1 Å². The third-order valence-corrected chi connectivity index (χ3v) is 6.76. The molecule has 0 saturated carbocycles. The highest BCUT2D eigenvalue weighted by molar-refractivity contribution is 7.89. The largest absolute Gasteiger partial charge is 0.319 e. The molecule has 2 aromatic carbocycles.